The van der Waals surface area contributed by atoms with Crippen LogP contribution >= 0.6 is 11.3 Å². The van der Waals surface area contributed by atoms with Gasteiger partial charge in [-0.25, -0.2) is 0 Å². The predicted molar refractivity (Wildman–Crippen MR) is 77.1 cm³/mol. The van der Waals surface area contributed by atoms with Gasteiger partial charge in [0.2, 0.25) is 5.91 Å². The molecule has 2 rings (SSSR count). The van der Waals surface area contributed by atoms with Gasteiger partial charge in [0.15, 0.2) is 0 Å². The second kappa shape index (κ2) is 7.23. The van der Waals surface area contributed by atoms with Gasteiger partial charge < -0.3 is 19.8 Å². The van der Waals surface area contributed by atoms with Gasteiger partial charge in [0.25, 0.3) is 0 Å². The Morgan fingerprint density at radius 1 is 1.45 bits per heavy atom. The van der Waals surface area contributed by atoms with E-state index in [2.05, 4.69) is 0 Å². The van der Waals surface area contributed by atoms with Gasteiger partial charge in [0, 0.05) is 12.0 Å². The smallest absolute Gasteiger partial charge is 0.242 e. The molecule has 2 aromatic rings. The molecule has 1 atom stereocenters. The Hall–Kier alpha value is -1.63. The maximum atomic E-state index is 12.4. The van der Waals surface area contributed by atoms with Crippen molar-refractivity contribution in [3.05, 3.63) is 46.5 Å². The van der Waals surface area contributed by atoms with Crippen LogP contribution in [0.5, 0.6) is 0 Å². The molecule has 5 nitrogen and oxygen atoms in total. The third-order valence-corrected chi connectivity index (χ3v) is 3.69. The Bertz CT molecular complexity index is 474. The molecule has 1 unspecified atom stereocenters. The topological polar surface area (TPSA) is 68.7 Å². The van der Waals surface area contributed by atoms with E-state index in [0.29, 0.717) is 13.1 Å². The highest BCUT2D eigenvalue weighted by Gasteiger charge is 2.22. The Kier molecular flexibility index (Phi) is 5.34. The first-order valence-electron chi connectivity index (χ1n) is 6.28. The summed E-state index contributed by atoms with van der Waals surface area (Å²) >= 11 is 1.61. The highest BCUT2D eigenvalue weighted by atomic mass is 32.1. The molecule has 20 heavy (non-hydrogen) atoms. The number of furan rings is 1. The summed E-state index contributed by atoms with van der Waals surface area (Å²) in [5.41, 5.74) is 5.84. The van der Waals surface area contributed by atoms with Crippen molar-refractivity contribution in [3.8, 4) is 0 Å². The minimum absolute atomic E-state index is 0.142. The zero-order valence-electron chi connectivity index (χ0n) is 11.3. The van der Waals surface area contributed by atoms with Crippen LogP contribution in [0.3, 0.4) is 0 Å². The van der Waals surface area contributed by atoms with Crippen molar-refractivity contribution >= 4 is 17.2 Å². The van der Waals surface area contributed by atoms with Crippen LogP contribution in [-0.4, -0.2) is 30.6 Å². The summed E-state index contributed by atoms with van der Waals surface area (Å²) in [5.74, 6) is 0.594. The SMILES string of the molecule is COCC(N)C(=O)N(Cc1ccco1)Cc1cccs1. The molecule has 2 heterocycles. The van der Waals surface area contributed by atoms with Crippen LogP contribution in [0.1, 0.15) is 10.6 Å². The molecular weight excluding hydrogens is 276 g/mol. The molecule has 0 saturated carbocycles. The number of hydrogen-bond donors (Lipinski definition) is 1. The second-order valence-electron chi connectivity index (χ2n) is 4.41. The van der Waals surface area contributed by atoms with Crippen LogP contribution < -0.4 is 5.73 Å². The molecule has 6 heteroatoms. The van der Waals surface area contributed by atoms with E-state index in [1.54, 1.807) is 28.6 Å². The minimum Gasteiger partial charge on any atom is -0.467 e. The highest BCUT2D eigenvalue weighted by Crippen LogP contribution is 2.15. The molecule has 2 aromatic heterocycles. The third-order valence-electron chi connectivity index (χ3n) is 2.83. The van der Waals surface area contributed by atoms with Gasteiger partial charge in [-0.2, -0.15) is 0 Å². The largest absolute Gasteiger partial charge is 0.467 e. The van der Waals surface area contributed by atoms with Gasteiger partial charge in [-0.05, 0) is 23.6 Å². The number of carbonyl (C=O) groups excluding carboxylic acids is 1. The van der Waals surface area contributed by atoms with Crippen molar-refractivity contribution in [1.82, 2.24) is 4.90 Å². The number of amides is 1. The molecule has 0 aliphatic carbocycles. The summed E-state index contributed by atoms with van der Waals surface area (Å²) in [5, 5.41) is 1.99. The fourth-order valence-corrected chi connectivity index (χ4v) is 2.60. The van der Waals surface area contributed by atoms with Crippen molar-refractivity contribution in [2.24, 2.45) is 5.73 Å². The quantitative estimate of drug-likeness (QED) is 0.846. The lowest BCUT2D eigenvalue weighted by atomic mass is 10.2. The number of rotatable bonds is 7. The average molecular weight is 294 g/mol. The van der Waals surface area contributed by atoms with Gasteiger partial charge in [0.05, 0.1) is 26.0 Å². The van der Waals surface area contributed by atoms with E-state index in [4.69, 9.17) is 14.9 Å². The van der Waals surface area contributed by atoms with E-state index in [0.717, 1.165) is 10.6 Å². The van der Waals surface area contributed by atoms with E-state index in [-0.39, 0.29) is 12.5 Å². The van der Waals surface area contributed by atoms with Crippen LogP contribution in [0.4, 0.5) is 0 Å². The van der Waals surface area contributed by atoms with Crippen molar-refractivity contribution < 1.29 is 13.9 Å². The van der Waals surface area contributed by atoms with Crippen LogP contribution in [0, 0.1) is 0 Å². The second-order valence-corrected chi connectivity index (χ2v) is 5.45. The monoisotopic (exact) mass is 294 g/mol. The van der Waals surface area contributed by atoms with E-state index in [9.17, 15) is 4.79 Å². The van der Waals surface area contributed by atoms with Crippen LogP contribution in [0.2, 0.25) is 0 Å². The number of carbonyl (C=O) groups is 1. The standard InChI is InChI=1S/C14H18N2O3S/c1-18-10-13(15)14(17)16(8-11-4-2-6-19-11)9-12-5-3-7-20-12/h2-7,13H,8-10,15H2,1H3. The fourth-order valence-electron chi connectivity index (χ4n) is 1.88. The summed E-state index contributed by atoms with van der Waals surface area (Å²) in [4.78, 5) is 15.2. The first-order chi connectivity index (χ1) is 9.70. The fraction of sp³-hybridized carbons (Fsp3) is 0.357. The first-order valence-corrected chi connectivity index (χ1v) is 7.16. The zero-order valence-corrected chi connectivity index (χ0v) is 12.1. The number of thiophene rings is 1. The molecule has 0 saturated heterocycles. The molecule has 2 N–H and O–H groups in total. The van der Waals surface area contributed by atoms with Crippen molar-refractivity contribution in [1.29, 1.82) is 0 Å². The molecule has 0 spiro atoms. The molecule has 0 radical (unpaired) electrons. The number of methoxy groups -OCH3 is 1. The zero-order chi connectivity index (χ0) is 14.4. The minimum atomic E-state index is -0.657. The summed E-state index contributed by atoms with van der Waals surface area (Å²) in [6.45, 7) is 1.13. The molecule has 1 amide bonds. The third kappa shape index (κ3) is 3.93. The van der Waals surface area contributed by atoms with Gasteiger partial charge in [-0.15, -0.1) is 11.3 Å². The molecule has 108 valence electrons. The number of nitrogens with zero attached hydrogens (tertiary/aromatic N) is 1. The lowest BCUT2D eigenvalue weighted by molar-refractivity contribution is -0.135. The van der Waals surface area contributed by atoms with Crippen molar-refractivity contribution in [2.75, 3.05) is 13.7 Å². The van der Waals surface area contributed by atoms with Crippen molar-refractivity contribution in [2.45, 2.75) is 19.1 Å². The van der Waals surface area contributed by atoms with Crippen LogP contribution in [0.15, 0.2) is 40.3 Å². The van der Waals surface area contributed by atoms with Crippen LogP contribution in [-0.2, 0) is 22.6 Å². The first kappa shape index (κ1) is 14.8. The Labute approximate surface area is 121 Å². The summed E-state index contributed by atoms with van der Waals surface area (Å²) in [7, 11) is 1.53. The van der Waals surface area contributed by atoms with Crippen LogP contribution in [0.25, 0.3) is 0 Å². The Balaban J connectivity index is 2.08. The van der Waals surface area contributed by atoms with Gasteiger partial charge in [-0.3, -0.25) is 4.79 Å². The van der Waals surface area contributed by atoms with Gasteiger partial charge in [-0.1, -0.05) is 6.07 Å². The van der Waals surface area contributed by atoms with E-state index >= 15 is 0 Å². The van der Waals surface area contributed by atoms with E-state index < -0.39 is 6.04 Å². The number of ether oxygens (including phenoxy) is 1. The summed E-state index contributed by atoms with van der Waals surface area (Å²) in [6, 6.07) is 6.95. The lowest BCUT2D eigenvalue weighted by Crippen LogP contribution is -2.45. The summed E-state index contributed by atoms with van der Waals surface area (Å²) in [6.07, 6.45) is 1.60. The summed E-state index contributed by atoms with van der Waals surface area (Å²) < 4.78 is 10.3. The normalized spacial score (nSPS) is 12.3. The van der Waals surface area contributed by atoms with E-state index in [1.165, 1.54) is 7.11 Å². The molecule has 0 fully saturated rings. The molecule has 0 aliphatic heterocycles. The predicted octanol–water partition coefficient (Wildman–Crippen LogP) is 1.84. The molecule has 0 aromatic carbocycles. The Morgan fingerprint density at radius 3 is 2.90 bits per heavy atom. The van der Waals surface area contributed by atoms with Gasteiger partial charge in [0.1, 0.15) is 11.8 Å². The maximum absolute atomic E-state index is 12.4. The maximum Gasteiger partial charge on any atom is 0.242 e. The lowest BCUT2D eigenvalue weighted by Gasteiger charge is -2.24. The highest BCUT2D eigenvalue weighted by molar-refractivity contribution is 7.09. The molecule has 0 aliphatic rings. The average Bonchev–Trinajstić information content (AvgIpc) is 3.10. The Morgan fingerprint density at radius 2 is 2.30 bits per heavy atom. The molecule has 0 bridgehead atoms. The number of hydrogen-bond acceptors (Lipinski definition) is 5. The molecular formula is C14H18N2O3S. The van der Waals surface area contributed by atoms with Crippen molar-refractivity contribution in [3.63, 3.8) is 0 Å². The van der Waals surface area contributed by atoms with Gasteiger partial charge >= 0.3 is 0 Å². The van der Waals surface area contributed by atoms with E-state index in [1.807, 2.05) is 23.6 Å². The number of nitrogens with two attached hydrogens (primary N) is 1.